The molecule has 1 saturated heterocycles. The van der Waals surface area contributed by atoms with E-state index in [1.807, 2.05) is 44.7 Å². The first-order valence-corrected chi connectivity index (χ1v) is 9.43. The van der Waals surface area contributed by atoms with Crippen molar-refractivity contribution in [3.05, 3.63) is 29.8 Å². The minimum absolute atomic E-state index is 0.314. The molecule has 0 bridgehead atoms. The molecule has 2 rings (SSSR count). The van der Waals surface area contributed by atoms with Gasteiger partial charge in [-0.2, -0.15) is 11.8 Å². The molecule has 1 aliphatic heterocycles. The highest BCUT2D eigenvalue weighted by Gasteiger charge is 2.18. The molecule has 1 aromatic carbocycles. The Morgan fingerprint density at radius 3 is 2.57 bits per heavy atom. The number of carbonyl (C=O) groups is 1. The van der Waals surface area contributed by atoms with Gasteiger partial charge in [-0.25, -0.2) is 4.79 Å². The van der Waals surface area contributed by atoms with Gasteiger partial charge in [-0.15, -0.1) is 0 Å². The molecule has 0 radical (unpaired) electrons. The van der Waals surface area contributed by atoms with Crippen molar-refractivity contribution in [3.8, 4) is 0 Å². The fourth-order valence-electron chi connectivity index (χ4n) is 2.60. The lowest BCUT2D eigenvalue weighted by Gasteiger charge is -2.26. The molecule has 0 spiro atoms. The van der Waals surface area contributed by atoms with Crippen molar-refractivity contribution in [1.29, 1.82) is 0 Å². The predicted molar refractivity (Wildman–Crippen MR) is 98.2 cm³/mol. The molecule has 4 nitrogen and oxygen atoms in total. The van der Waals surface area contributed by atoms with Gasteiger partial charge in [0.1, 0.15) is 5.60 Å². The number of hydrogen-bond acceptors (Lipinski definition) is 4. The number of thioether (sulfide) groups is 1. The molecule has 1 aromatic rings. The monoisotopic (exact) mass is 336 g/mol. The average molecular weight is 337 g/mol. The summed E-state index contributed by atoms with van der Waals surface area (Å²) in [7, 11) is 0. The van der Waals surface area contributed by atoms with Gasteiger partial charge in [-0.05, 0) is 64.0 Å². The molecular weight excluding hydrogens is 308 g/mol. The lowest BCUT2D eigenvalue weighted by atomic mass is 10.1. The molecule has 1 fully saturated rings. The Morgan fingerprint density at radius 2 is 2.00 bits per heavy atom. The zero-order valence-corrected chi connectivity index (χ0v) is 15.3. The SMILES string of the molecule is CC(NC1CCCSC1)c1ccc(NC(=O)OC(C)(C)C)cc1. The zero-order chi connectivity index (χ0) is 16.9. The van der Waals surface area contributed by atoms with Gasteiger partial charge in [0, 0.05) is 23.5 Å². The van der Waals surface area contributed by atoms with Crippen LogP contribution < -0.4 is 10.6 Å². The van der Waals surface area contributed by atoms with Crippen LogP contribution in [0.2, 0.25) is 0 Å². The molecule has 2 atom stereocenters. The summed E-state index contributed by atoms with van der Waals surface area (Å²) in [5.41, 5.74) is 1.50. The Bertz CT molecular complexity index is 505. The van der Waals surface area contributed by atoms with Crippen LogP contribution in [0.15, 0.2) is 24.3 Å². The van der Waals surface area contributed by atoms with Crippen LogP contribution in [-0.2, 0) is 4.74 Å². The van der Waals surface area contributed by atoms with E-state index in [2.05, 4.69) is 29.7 Å². The maximum absolute atomic E-state index is 11.8. The molecule has 128 valence electrons. The van der Waals surface area contributed by atoms with Gasteiger partial charge in [0.2, 0.25) is 0 Å². The molecule has 2 N–H and O–H groups in total. The van der Waals surface area contributed by atoms with Crippen molar-refractivity contribution >= 4 is 23.5 Å². The number of ether oxygens (including phenoxy) is 1. The summed E-state index contributed by atoms with van der Waals surface area (Å²) in [4.78, 5) is 11.8. The first kappa shape index (κ1) is 18.1. The van der Waals surface area contributed by atoms with Crippen LogP contribution in [0.25, 0.3) is 0 Å². The largest absolute Gasteiger partial charge is 0.444 e. The van der Waals surface area contributed by atoms with Gasteiger partial charge in [0.25, 0.3) is 0 Å². The Hall–Kier alpha value is -1.20. The number of amides is 1. The summed E-state index contributed by atoms with van der Waals surface area (Å²) in [6.45, 7) is 7.75. The number of benzene rings is 1. The third-order valence-electron chi connectivity index (χ3n) is 3.70. The van der Waals surface area contributed by atoms with Crippen LogP contribution >= 0.6 is 11.8 Å². The van der Waals surface area contributed by atoms with Crippen molar-refractivity contribution in [1.82, 2.24) is 5.32 Å². The summed E-state index contributed by atoms with van der Waals surface area (Å²) in [5.74, 6) is 2.49. The van der Waals surface area contributed by atoms with Gasteiger partial charge >= 0.3 is 6.09 Å². The minimum Gasteiger partial charge on any atom is -0.444 e. The second-order valence-corrected chi connectivity index (χ2v) is 8.20. The topological polar surface area (TPSA) is 50.4 Å². The molecule has 1 amide bonds. The molecular formula is C18H28N2O2S. The van der Waals surface area contributed by atoms with Crippen LogP contribution in [0.1, 0.15) is 52.1 Å². The van der Waals surface area contributed by atoms with E-state index in [9.17, 15) is 4.79 Å². The van der Waals surface area contributed by atoms with Crippen LogP contribution in [0.4, 0.5) is 10.5 Å². The standard InChI is InChI=1S/C18H28N2O2S/c1-13(19-16-6-5-11-23-12-16)14-7-9-15(10-8-14)20-17(21)22-18(2,3)4/h7-10,13,16,19H,5-6,11-12H2,1-4H3,(H,20,21). The molecule has 2 unspecified atom stereocenters. The normalized spacial score (nSPS) is 19.9. The number of rotatable bonds is 4. The Morgan fingerprint density at radius 1 is 1.30 bits per heavy atom. The Kier molecular flexibility index (Phi) is 6.36. The van der Waals surface area contributed by atoms with E-state index < -0.39 is 11.7 Å². The van der Waals surface area contributed by atoms with E-state index >= 15 is 0 Å². The highest BCUT2D eigenvalue weighted by Crippen LogP contribution is 2.22. The van der Waals surface area contributed by atoms with Crippen molar-refractivity contribution in [3.63, 3.8) is 0 Å². The molecule has 0 aliphatic carbocycles. The van der Waals surface area contributed by atoms with Crippen LogP contribution in [-0.4, -0.2) is 29.2 Å². The van der Waals surface area contributed by atoms with Gasteiger partial charge in [0.05, 0.1) is 0 Å². The third kappa shape index (κ3) is 6.43. The highest BCUT2D eigenvalue weighted by molar-refractivity contribution is 7.99. The quantitative estimate of drug-likeness (QED) is 0.845. The summed E-state index contributed by atoms with van der Waals surface area (Å²) < 4.78 is 5.26. The van der Waals surface area contributed by atoms with Crippen LogP contribution in [0.5, 0.6) is 0 Å². The summed E-state index contributed by atoms with van der Waals surface area (Å²) in [5, 5.41) is 6.45. The fraction of sp³-hybridized carbons (Fsp3) is 0.611. The highest BCUT2D eigenvalue weighted by atomic mass is 32.2. The Balaban J connectivity index is 1.87. The smallest absolute Gasteiger partial charge is 0.412 e. The van der Waals surface area contributed by atoms with E-state index in [0.29, 0.717) is 12.1 Å². The van der Waals surface area contributed by atoms with E-state index in [-0.39, 0.29) is 0 Å². The van der Waals surface area contributed by atoms with Crippen molar-refractivity contribution in [2.45, 2.75) is 58.2 Å². The predicted octanol–water partition coefficient (Wildman–Crippen LogP) is 4.58. The van der Waals surface area contributed by atoms with Crippen molar-refractivity contribution in [2.75, 3.05) is 16.8 Å². The number of anilines is 1. The summed E-state index contributed by atoms with van der Waals surface area (Å²) in [6.07, 6.45) is 2.14. The third-order valence-corrected chi connectivity index (χ3v) is 4.92. The molecule has 0 aromatic heterocycles. The van der Waals surface area contributed by atoms with E-state index in [4.69, 9.17) is 4.74 Å². The summed E-state index contributed by atoms with van der Waals surface area (Å²) in [6, 6.07) is 8.87. The molecule has 5 heteroatoms. The maximum Gasteiger partial charge on any atom is 0.412 e. The zero-order valence-electron chi connectivity index (χ0n) is 14.5. The lowest BCUT2D eigenvalue weighted by molar-refractivity contribution is 0.0636. The van der Waals surface area contributed by atoms with E-state index in [1.54, 1.807) is 0 Å². The van der Waals surface area contributed by atoms with E-state index in [0.717, 1.165) is 5.69 Å². The Labute approximate surface area is 143 Å². The number of carbonyl (C=O) groups excluding carboxylic acids is 1. The van der Waals surface area contributed by atoms with Crippen molar-refractivity contribution < 1.29 is 9.53 Å². The molecule has 1 heterocycles. The van der Waals surface area contributed by atoms with Gasteiger partial charge < -0.3 is 10.1 Å². The fourth-order valence-corrected chi connectivity index (χ4v) is 3.68. The second kappa shape index (κ2) is 8.06. The van der Waals surface area contributed by atoms with Gasteiger partial charge in [-0.3, -0.25) is 5.32 Å². The van der Waals surface area contributed by atoms with E-state index in [1.165, 1.54) is 29.9 Å². The molecule has 23 heavy (non-hydrogen) atoms. The van der Waals surface area contributed by atoms with Crippen molar-refractivity contribution in [2.24, 2.45) is 0 Å². The van der Waals surface area contributed by atoms with Gasteiger partial charge in [0.15, 0.2) is 0 Å². The average Bonchev–Trinajstić information content (AvgIpc) is 2.47. The second-order valence-electron chi connectivity index (χ2n) is 7.05. The number of hydrogen-bond donors (Lipinski definition) is 2. The maximum atomic E-state index is 11.8. The number of nitrogens with one attached hydrogen (secondary N) is 2. The minimum atomic E-state index is -0.486. The lowest BCUT2D eigenvalue weighted by Crippen LogP contribution is -2.35. The van der Waals surface area contributed by atoms with Gasteiger partial charge in [-0.1, -0.05) is 12.1 Å². The first-order valence-electron chi connectivity index (χ1n) is 8.27. The molecule has 0 saturated carbocycles. The molecule has 1 aliphatic rings. The first-order chi connectivity index (χ1) is 10.8. The summed E-state index contributed by atoms with van der Waals surface area (Å²) >= 11 is 2.03. The van der Waals surface area contributed by atoms with Crippen LogP contribution in [0.3, 0.4) is 0 Å². The van der Waals surface area contributed by atoms with Crippen LogP contribution in [0, 0.1) is 0 Å².